The van der Waals surface area contributed by atoms with Crippen LogP contribution in [0.4, 0.5) is 0 Å². The maximum Gasteiger partial charge on any atom is 0.307 e. The summed E-state index contributed by atoms with van der Waals surface area (Å²) in [6, 6.07) is 11.9. The first kappa shape index (κ1) is 17.0. The third kappa shape index (κ3) is 3.10. The van der Waals surface area contributed by atoms with E-state index in [4.69, 9.17) is 16.3 Å². The number of aliphatic carboxylic acids is 1. The topological polar surface area (TPSA) is 68.5 Å². The number of aromatic nitrogens is 1. The molecule has 0 radical (unpaired) electrons. The first-order valence-corrected chi connectivity index (χ1v) is 8.00. The summed E-state index contributed by atoms with van der Waals surface area (Å²) < 4.78 is 6.77. The van der Waals surface area contributed by atoms with Gasteiger partial charge in [0, 0.05) is 21.7 Å². The van der Waals surface area contributed by atoms with Gasteiger partial charge in [0.05, 0.1) is 19.0 Å². The van der Waals surface area contributed by atoms with Crippen LogP contribution in [0.1, 0.15) is 21.6 Å². The zero-order chi connectivity index (χ0) is 18.1. The van der Waals surface area contributed by atoms with Crippen molar-refractivity contribution in [1.82, 2.24) is 4.57 Å². The lowest BCUT2D eigenvalue weighted by molar-refractivity contribution is -0.136. The molecule has 1 heterocycles. The second-order valence-electron chi connectivity index (χ2n) is 5.67. The third-order valence-electron chi connectivity index (χ3n) is 4.16. The van der Waals surface area contributed by atoms with Crippen molar-refractivity contribution in [1.29, 1.82) is 0 Å². The highest BCUT2D eigenvalue weighted by Crippen LogP contribution is 2.30. The number of nitrogens with zero attached hydrogens (tertiary/aromatic N) is 1. The molecule has 3 rings (SSSR count). The molecular weight excluding hydrogens is 348 g/mol. The van der Waals surface area contributed by atoms with E-state index in [2.05, 4.69) is 0 Å². The maximum absolute atomic E-state index is 13.0. The molecule has 0 atom stereocenters. The number of carboxylic acid groups (broad SMARTS) is 1. The molecule has 2 aromatic carbocycles. The van der Waals surface area contributed by atoms with Crippen LogP contribution in [0.15, 0.2) is 42.5 Å². The summed E-state index contributed by atoms with van der Waals surface area (Å²) in [5.74, 6) is -0.583. The first-order valence-electron chi connectivity index (χ1n) is 7.62. The van der Waals surface area contributed by atoms with Gasteiger partial charge in [-0.2, -0.15) is 0 Å². The molecule has 3 aromatic rings. The zero-order valence-electron chi connectivity index (χ0n) is 13.7. The van der Waals surface area contributed by atoms with E-state index < -0.39 is 5.97 Å². The molecule has 5 nitrogen and oxygen atoms in total. The average molecular weight is 364 g/mol. The molecule has 1 aromatic heterocycles. The molecule has 0 bridgehead atoms. The minimum absolute atomic E-state index is 0.170. The normalized spacial score (nSPS) is 10.8. The van der Waals surface area contributed by atoms with Crippen molar-refractivity contribution in [2.45, 2.75) is 13.3 Å². The van der Waals surface area contributed by atoms with E-state index in [-0.39, 0.29) is 12.3 Å². The molecule has 25 heavy (non-hydrogen) atoms. The number of benzene rings is 2. The Labute approximate surface area is 149 Å². The van der Waals surface area contributed by atoms with Crippen LogP contribution in [0.5, 0.6) is 5.75 Å². The van der Waals surface area contributed by atoms with E-state index in [1.165, 1.54) is 4.57 Å². The molecule has 0 aliphatic carbocycles. The molecule has 0 aliphatic heterocycles. The Balaban J connectivity index is 2.23. The number of ether oxygens (including phenoxy) is 1. The van der Waals surface area contributed by atoms with Crippen LogP contribution in [-0.4, -0.2) is 28.7 Å². The molecular formula is C19H16ClNO4. The Morgan fingerprint density at radius 1 is 1.16 bits per heavy atom. The van der Waals surface area contributed by atoms with Crippen LogP contribution < -0.4 is 4.74 Å². The van der Waals surface area contributed by atoms with Gasteiger partial charge in [0.25, 0.3) is 5.91 Å². The average Bonchev–Trinajstić information content (AvgIpc) is 2.86. The van der Waals surface area contributed by atoms with Crippen molar-refractivity contribution >= 4 is 34.4 Å². The van der Waals surface area contributed by atoms with Crippen LogP contribution in [0.3, 0.4) is 0 Å². The van der Waals surface area contributed by atoms with Crippen molar-refractivity contribution in [2.75, 3.05) is 7.11 Å². The smallest absolute Gasteiger partial charge is 0.307 e. The van der Waals surface area contributed by atoms with Gasteiger partial charge in [-0.1, -0.05) is 11.6 Å². The van der Waals surface area contributed by atoms with Gasteiger partial charge in [-0.25, -0.2) is 0 Å². The van der Waals surface area contributed by atoms with Crippen molar-refractivity contribution in [3.8, 4) is 5.75 Å². The van der Waals surface area contributed by atoms with E-state index in [1.54, 1.807) is 56.5 Å². The molecule has 1 N–H and O–H groups in total. The molecule has 128 valence electrons. The van der Waals surface area contributed by atoms with E-state index in [9.17, 15) is 14.7 Å². The molecule has 6 heteroatoms. The first-order chi connectivity index (χ1) is 11.9. The number of carboxylic acids is 1. The molecule has 0 aliphatic rings. The Hall–Kier alpha value is -2.79. The molecule has 0 unspecified atom stereocenters. The quantitative estimate of drug-likeness (QED) is 0.762. The van der Waals surface area contributed by atoms with Gasteiger partial charge in [0.1, 0.15) is 5.75 Å². The summed E-state index contributed by atoms with van der Waals surface area (Å²) in [6.07, 6.45) is -0.170. The minimum atomic E-state index is -0.955. The van der Waals surface area contributed by atoms with Gasteiger partial charge in [0.2, 0.25) is 0 Å². The predicted molar refractivity (Wildman–Crippen MR) is 95.7 cm³/mol. The largest absolute Gasteiger partial charge is 0.497 e. The number of hydrogen-bond acceptors (Lipinski definition) is 3. The summed E-state index contributed by atoms with van der Waals surface area (Å²) in [7, 11) is 1.54. The number of hydrogen-bond donors (Lipinski definition) is 1. The van der Waals surface area contributed by atoms with Crippen molar-refractivity contribution in [3.63, 3.8) is 0 Å². The second kappa shape index (κ2) is 6.61. The number of fused-ring (bicyclic) bond motifs is 1. The van der Waals surface area contributed by atoms with Crippen LogP contribution in [0, 0.1) is 6.92 Å². The number of carbonyl (C=O) groups is 2. The van der Waals surface area contributed by atoms with E-state index in [0.717, 1.165) is 0 Å². The Morgan fingerprint density at radius 2 is 1.84 bits per heavy atom. The van der Waals surface area contributed by atoms with Gasteiger partial charge in [0.15, 0.2) is 0 Å². The van der Waals surface area contributed by atoms with Crippen LogP contribution >= 0.6 is 11.6 Å². The Kier molecular flexibility index (Phi) is 4.51. The van der Waals surface area contributed by atoms with E-state index in [1.807, 2.05) is 0 Å². The zero-order valence-corrected chi connectivity index (χ0v) is 14.5. The van der Waals surface area contributed by atoms with E-state index >= 15 is 0 Å². The molecule has 0 fully saturated rings. The second-order valence-corrected chi connectivity index (χ2v) is 6.10. The Bertz CT molecular complexity index is 973. The fourth-order valence-corrected chi connectivity index (χ4v) is 3.07. The lowest BCUT2D eigenvalue weighted by atomic mass is 10.1. The van der Waals surface area contributed by atoms with Gasteiger partial charge in [-0.05, 0) is 55.0 Å². The minimum Gasteiger partial charge on any atom is -0.497 e. The van der Waals surface area contributed by atoms with Gasteiger partial charge in [-0.3, -0.25) is 14.2 Å². The highest BCUT2D eigenvalue weighted by atomic mass is 35.5. The lowest BCUT2D eigenvalue weighted by Crippen LogP contribution is -2.14. The number of carbonyl (C=O) groups excluding carboxylic acids is 1. The molecule has 0 saturated heterocycles. The third-order valence-corrected chi connectivity index (χ3v) is 4.42. The monoisotopic (exact) mass is 363 g/mol. The van der Waals surface area contributed by atoms with Crippen LogP contribution in [-0.2, 0) is 11.2 Å². The van der Waals surface area contributed by atoms with Crippen LogP contribution in [0.2, 0.25) is 5.02 Å². The molecule has 0 spiro atoms. The van der Waals surface area contributed by atoms with Gasteiger partial charge in [-0.15, -0.1) is 0 Å². The van der Waals surface area contributed by atoms with Crippen molar-refractivity contribution in [3.05, 3.63) is 64.3 Å². The van der Waals surface area contributed by atoms with Gasteiger partial charge < -0.3 is 9.84 Å². The highest BCUT2D eigenvalue weighted by molar-refractivity contribution is 6.30. The fourth-order valence-electron chi connectivity index (χ4n) is 2.95. The molecule has 0 amide bonds. The van der Waals surface area contributed by atoms with Gasteiger partial charge >= 0.3 is 5.97 Å². The van der Waals surface area contributed by atoms with Crippen LogP contribution in [0.25, 0.3) is 10.9 Å². The summed E-state index contributed by atoms with van der Waals surface area (Å²) in [5, 5.41) is 10.5. The summed E-state index contributed by atoms with van der Waals surface area (Å²) in [6.45, 7) is 1.75. The standard InChI is InChI=1S/C19H16ClNO4/c1-11-15(10-18(22)23)16-9-14(25-2)7-8-17(16)21(11)19(24)12-3-5-13(20)6-4-12/h3-9H,10H2,1-2H3,(H,22,23)/i3+1,4+1,5+1,6+1,12+1,13+1. The van der Waals surface area contributed by atoms with Crippen molar-refractivity contribution in [2.24, 2.45) is 0 Å². The van der Waals surface area contributed by atoms with E-state index in [0.29, 0.717) is 38.5 Å². The lowest BCUT2D eigenvalue weighted by Gasteiger charge is -2.08. The molecule has 0 saturated carbocycles. The summed E-state index contributed by atoms with van der Waals surface area (Å²) >= 11 is 5.89. The highest BCUT2D eigenvalue weighted by Gasteiger charge is 2.21. The number of methoxy groups -OCH3 is 1. The number of halogens is 1. The maximum atomic E-state index is 13.0. The summed E-state index contributed by atoms with van der Waals surface area (Å²) in [4.78, 5) is 24.3. The fraction of sp³-hybridized carbons (Fsp3) is 0.158. The van der Waals surface area contributed by atoms with Crippen molar-refractivity contribution < 1.29 is 19.4 Å². The SMILES string of the molecule is COc1ccc2c(c1)c(CC(=O)O)c(C)n2C(=O)[13c]1[13cH][13cH][13c](Cl)[13cH][13cH]1. The summed E-state index contributed by atoms with van der Waals surface area (Å²) in [5.41, 5.74) is 2.32. The Morgan fingerprint density at radius 3 is 2.44 bits per heavy atom. The number of rotatable bonds is 4. The predicted octanol–water partition coefficient (Wildman–Crippen LogP) is 3.93.